The Balaban J connectivity index is 0.668. The summed E-state index contributed by atoms with van der Waals surface area (Å²) < 4.78 is 41.5. The van der Waals surface area contributed by atoms with Crippen molar-refractivity contribution < 1.29 is 42.5 Å². The van der Waals surface area contributed by atoms with Gasteiger partial charge in [-0.1, -0.05) is 25.1 Å². The first kappa shape index (κ1) is 53.6. The predicted molar refractivity (Wildman–Crippen MR) is 304 cm³/mol. The average Bonchev–Trinajstić information content (AvgIpc) is 4.10. The van der Waals surface area contributed by atoms with E-state index in [0.29, 0.717) is 72.2 Å². The third-order valence-electron chi connectivity index (χ3n) is 19.0. The molecule has 2 aliphatic carbocycles. The number of methoxy groups -OCH3 is 1. The number of carbonyl (C=O) groups is 4. The van der Waals surface area contributed by atoms with Gasteiger partial charge in [0, 0.05) is 100 Å². The highest BCUT2D eigenvalue weighted by Gasteiger charge is 2.51. The molecule has 2 unspecified atom stereocenters. The van der Waals surface area contributed by atoms with Crippen LogP contribution in [0.2, 0.25) is 0 Å². The third-order valence-corrected chi connectivity index (χ3v) is 19.0. The van der Waals surface area contributed by atoms with E-state index in [1.165, 1.54) is 25.7 Å². The van der Waals surface area contributed by atoms with Crippen molar-refractivity contribution in [2.24, 2.45) is 10.8 Å². The van der Waals surface area contributed by atoms with Gasteiger partial charge in [0.1, 0.15) is 34.4 Å². The number of fused-ring (bicyclic) bond motifs is 5. The van der Waals surface area contributed by atoms with E-state index in [4.69, 9.17) is 33.9 Å². The lowest BCUT2D eigenvalue weighted by Gasteiger charge is -2.56. The number of nitrogens with zero attached hydrogens (tertiary/aromatic N) is 9. The summed E-state index contributed by atoms with van der Waals surface area (Å²) >= 11 is 0. The molecule has 8 aliphatic rings. The van der Waals surface area contributed by atoms with Crippen LogP contribution in [0.3, 0.4) is 0 Å². The molecule has 6 aliphatic heterocycles. The number of halogens is 1. The molecule has 2 bridgehead atoms. The molecule has 18 nitrogen and oxygen atoms in total. The molecule has 428 valence electrons. The van der Waals surface area contributed by atoms with Crippen molar-refractivity contribution in [3.8, 4) is 23.0 Å². The summed E-state index contributed by atoms with van der Waals surface area (Å²) in [5.74, 6) is -0.273. The lowest BCUT2D eigenvalue weighted by Crippen LogP contribution is -2.59. The zero-order valence-corrected chi connectivity index (χ0v) is 47.4. The van der Waals surface area contributed by atoms with Crippen LogP contribution in [0.4, 0.5) is 20.7 Å². The summed E-state index contributed by atoms with van der Waals surface area (Å²) in [5, 5.41) is 4.70. The molecule has 7 fully saturated rings. The van der Waals surface area contributed by atoms with Crippen molar-refractivity contribution in [3.63, 3.8) is 0 Å². The highest BCUT2D eigenvalue weighted by atomic mass is 19.1. The lowest BCUT2D eigenvalue weighted by molar-refractivity contribution is -0.136. The summed E-state index contributed by atoms with van der Waals surface area (Å²) in [6, 6.07) is 15.9. The van der Waals surface area contributed by atoms with Crippen LogP contribution in [-0.4, -0.2) is 168 Å². The van der Waals surface area contributed by atoms with Gasteiger partial charge in [0.05, 0.1) is 24.1 Å². The van der Waals surface area contributed by atoms with Crippen LogP contribution < -0.4 is 24.6 Å². The molecular weight excluding hydrogens is 1030 g/mol. The number of amides is 4. The van der Waals surface area contributed by atoms with E-state index in [9.17, 15) is 19.2 Å². The van der Waals surface area contributed by atoms with Gasteiger partial charge in [-0.05, 0) is 156 Å². The SMILES string of the molecule is CCc1cccc2cc(OCOC)cc(-c3ncc4c(N5CC6CCC(C5)N6C(=O)OC(C)(C)C)nc(OCC5(CN6CCC7(CC6)CC(N6CCN(c8ccc9c(c8)CN([C@H]8CCC(=O)NC8=O)C9=O)CC6)C7)CC5)nc4c3F)c12. The van der Waals surface area contributed by atoms with E-state index in [1.54, 1.807) is 18.2 Å². The lowest BCUT2D eigenvalue weighted by atomic mass is 9.60. The summed E-state index contributed by atoms with van der Waals surface area (Å²) in [5.41, 5.74) is 4.41. The monoisotopic (exact) mass is 1110 g/mol. The minimum Gasteiger partial charge on any atom is -0.468 e. The van der Waals surface area contributed by atoms with E-state index in [1.807, 2.05) is 62.1 Å². The van der Waals surface area contributed by atoms with Crippen molar-refractivity contribution in [1.82, 2.24) is 39.9 Å². The number of anilines is 2. The van der Waals surface area contributed by atoms with E-state index in [0.717, 1.165) is 106 Å². The molecule has 2 saturated carbocycles. The second-order valence-electron chi connectivity index (χ2n) is 25.5. The largest absolute Gasteiger partial charge is 0.468 e. The molecule has 13 rings (SSSR count). The van der Waals surface area contributed by atoms with Crippen molar-refractivity contribution >= 4 is 57.0 Å². The Labute approximate surface area is 472 Å². The van der Waals surface area contributed by atoms with Crippen LogP contribution >= 0.6 is 0 Å². The van der Waals surface area contributed by atoms with Gasteiger partial charge < -0.3 is 38.5 Å². The fourth-order valence-electron chi connectivity index (χ4n) is 14.5. The van der Waals surface area contributed by atoms with E-state index in [2.05, 4.69) is 44.0 Å². The quantitative estimate of drug-likeness (QED) is 0.0834. The Hall–Kier alpha value is -6.70. The number of piperazine rings is 2. The number of hydrogen-bond acceptors (Lipinski definition) is 15. The van der Waals surface area contributed by atoms with Gasteiger partial charge in [0.2, 0.25) is 11.8 Å². The molecule has 1 spiro atoms. The molecule has 3 atom stereocenters. The molecule has 5 saturated heterocycles. The Morgan fingerprint density at radius 1 is 0.852 bits per heavy atom. The molecule has 19 heteroatoms. The average molecular weight is 1110 g/mol. The van der Waals surface area contributed by atoms with E-state index >= 15 is 4.39 Å². The van der Waals surface area contributed by atoms with Crippen LogP contribution in [0.1, 0.15) is 113 Å². The smallest absolute Gasteiger partial charge is 0.410 e. The van der Waals surface area contributed by atoms with Gasteiger partial charge in [-0.15, -0.1) is 0 Å². The minimum atomic E-state index is -0.620. The first-order chi connectivity index (χ1) is 39.1. The number of hydrogen-bond donors (Lipinski definition) is 1. The molecular formula is C62H75FN10O8. The summed E-state index contributed by atoms with van der Waals surface area (Å²) in [7, 11) is 1.57. The molecule has 0 radical (unpaired) electrons. The van der Waals surface area contributed by atoms with E-state index < -0.39 is 17.5 Å². The van der Waals surface area contributed by atoms with Crippen LogP contribution in [0.5, 0.6) is 11.8 Å². The fraction of sp³-hybridized carbons (Fsp3) is 0.565. The second kappa shape index (κ2) is 20.9. The van der Waals surface area contributed by atoms with Gasteiger partial charge in [0.15, 0.2) is 12.6 Å². The number of carbonyl (C=O) groups excluding carboxylic acids is 4. The Kier molecular flexibility index (Phi) is 13.9. The normalized spacial score (nSPS) is 23.8. The van der Waals surface area contributed by atoms with E-state index in [-0.39, 0.29) is 71.7 Å². The number of aryl methyl sites for hydroxylation is 1. The maximum Gasteiger partial charge on any atom is 0.410 e. The fourth-order valence-corrected chi connectivity index (χ4v) is 14.5. The number of pyridine rings is 1. The molecule has 8 heterocycles. The summed E-state index contributed by atoms with van der Waals surface area (Å²) in [4.78, 5) is 79.5. The summed E-state index contributed by atoms with van der Waals surface area (Å²) in [6.07, 6.45) is 11.3. The van der Waals surface area contributed by atoms with Crippen molar-refractivity contribution in [2.45, 2.75) is 135 Å². The highest BCUT2D eigenvalue weighted by molar-refractivity contribution is 6.06. The number of benzene rings is 3. The van der Waals surface area contributed by atoms with Crippen LogP contribution in [0, 0.1) is 16.6 Å². The number of rotatable bonds is 14. The van der Waals surface area contributed by atoms with Crippen molar-refractivity contribution in [3.05, 3.63) is 77.2 Å². The zero-order chi connectivity index (χ0) is 56.0. The van der Waals surface area contributed by atoms with Gasteiger partial charge in [-0.3, -0.25) is 34.5 Å². The van der Waals surface area contributed by atoms with Gasteiger partial charge >= 0.3 is 12.1 Å². The molecule has 4 amide bonds. The Morgan fingerprint density at radius 3 is 2.32 bits per heavy atom. The summed E-state index contributed by atoms with van der Waals surface area (Å²) in [6.45, 7) is 16.5. The Bertz CT molecular complexity index is 3290. The number of ether oxygens (including phenoxy) is 4. The van der Waals surface area contributed by atoms with Crippen LogP contribution in [0.15, 0.2) is 54.7 Å². The second-order valence-corrected chi connectivity index (χ2v) is 25.5. The van der Waals surface area contributed by atoms with Crippen LogP contribution in [0.25, 0.3) is 32.9 Å². The number of imide groups is 1. The first-order valence-electron chi connectivity index (χ1n) is 29.5. The third kappa shape index (κ3) is 10.3. The zero-order valence-electron chi connectivity index (χ0n) is 47.4. The number of likely N-dealkylation sites (tertiary alicyclic amines) is 1. The van der Waals surface area contributed by atoms with Crippen LogP contribution in [-0.2, 0) is 32.0 Å². The molecule has 1 N–H and O–H groups in total. The highest BCUT2D eigenvalue weighted by Crippen LogP contribution is 2.53. The standard InChI is InChI=1S/C62H75FN10O8/c1-6-38-8-7-9-39-27-45(80-37-78-5)28-47(51(38)39)53-52(63)54-48(31-64-53)55(71-33-42-10-11-43(34-71)73(42)59(77)81-60(2,3)4)67-58(66-54)79-36-62(16-17-62)35-68-20-18-61(19-21-68)29-44(30-61)70-24-22-69(23-25-70)41-12-13-46-40(26-41)32-72(57(46)76)49-14-15-50(74)65-56(49)75/h7-9,12-13,26-28,31,42-44,49H,6,10-11,14-25,29-30,32-37H2,1-5H3,(H,65,74,75)/t42?,43?,49-/m0/s1. The first-order valence-corrected chi connectivity index (χ1v) is 29.5. The molecule has 2 aromatic heterocycles. The molecule has 3 aromatic carbocycles. The number of nitrogens with one attached hydrogen (secondary N) is 1. The predicted octanol–water partition coefficient (Wildman–Crippen LogP) is 8.10. The van der Waals surface area contributed by atoms with Crippen molar-refractivity contribution in [1.29, 1.82) is 0 Å². The Morgan fingerprint density at radius 2 is 1.62 bits per heavy atom. The van der Waals surface area contributed by atoms with Gasteiger partial charge in [0.25, 0.3) is 5.91 Å². The van der Waals surface area contributed by atoms with Gasteiger partial charge in [-0.25, -0.2) is 9.18 Å². The maximum absolute atomic E-state index is 17.7. The minimum absolute atomic E-state index is 0.0374. The molecule has 5 aromatic rings. The van der Waals surface area contributed by atoms with Crippen molar-refractivity contribution in [2.75, 3.05) is 89.2 Å². The number of aromatic nitrogens is 3. The maximum atomic E-state index is 17.7. The molecule has 81 heavy (non-hydrogen) atoms. The van der Waals surface area contributed by atoms with Gasteiger partial charge in [-0.2, -0.15) is 9.97 Å². The topological polar surface area (TPSA) is 175 Å². The number of piperidine rings is 2.